The van der Waals surface area contributed by atoms with Gasteiger partial charge in [0.1, 0.15) is 5.56 Å². The van der Waals surface area contributed by atoms with E-state index in [4.69, 9.17) is 0 Å². The molecule has 1 aromatic rings. The standard InChI is InChI=1S/C10H15N3O/c1-10(2,3)13-8-4-5-11-9(14)7(8)6-12-13/h6H,4-5H2,1-3H3,(H,11,14)/p+1. The molecule has 0 unspecified atom stereocenters. The van der Waals surface area contributed by atoms with Gasteiger partial charge in [-0.05, 0) is 0 Å². The summed E-state index contributed by atoms with van der Waals surface area (Å²) in [6.07, 6.45) is 2.69. The summed E-state index contributed by atoms with van der Waals surface area (Å²) in [5.74, 6) is 0.0329. The van der Waals surface area contributed by atoms with Crippen molar-refractivity contribution >= 4 is 5.91 Å². The molecule has 2 rings (SSSR count). The van der Waals surface area contributed by atoms with Crippen molar-refractivity contribution < 1.29 is 9.48 Å². The number of carbonyl (C=O) groups is 1. The van der Waals surface area contributed by atoms with E-state index in [9.17, 15) is 4.79 Å². The van der Waals surface area contributed by atoms with E-state index >= 15 is 0 Å². The quantitative estimate of drug-likeness (QED) is 0.575. The molecule has 1 aromatic heterocycles. The van der Waals surface area contributed by atoms with Crippen LogP contribution in [0.4, 0.5) is 0 Å². The van der Waals surface area contributed by atoms with Gasteiger partial charge in [0.15, 0.2) is 5.54 Å². The summed E-state index contributed by atoms with van der Waals surface area (Å²) in [5, 5.41) is 5.97. The van der Waals surface area contributed by atoms with Gasteiger partial charge in [0.05, 0.1) is 12.6 Å². The van der Waals surface area contributed by atoms with Crippen molar-refractivity contribution in [1.82, 2.24) is 10.4 Å². The van der Waals surface area contributed by atoms with Crippen LogP contribution in [0.3, 0.4) is 0 Å². The molecule has 4 nitrogen and oxygen atoms in total. The minimum atomic E-state index is 0.00516. The number of hydrogen-bond acceptors (Lipinski definition) is 1. The van der Waals surface area contributed by atoms with Crippen LogP contribution in [0.1, 0.15) is 36.8 Å². The molecule has 2 N–H and O–H groups in total. The lowest BCUT2D eigenvalue weighted by Crippen LogP contribution is -2.55. The van der Waals surface area contributed by atoms with E-state index in [0.29, 0.717) is 0 Å². The van der Waals surface area contributed by atoms with Gasteiger partial charge >= 0.3 is 0 Å². The second-order valence-corrected chi connectivity index (χ2v) is 4.65. The second-order valence-electron chi connectivity index (χ2n) is 4.65. The van der Waals surface area contributed by atoms with E-state index in [1.807, 2.05) is 0 Å². The zero-order valence-corrected chi connectivity index (χ0v) is 8.85. The smallest absolute Gasteiger partial charge is 0.259 e. The minimum Gasteiger partial charge on any atom is -0.351 e. The molecule has 0 fully saturated rings. The van der Waals surface area contributed by atoms with E-state index in [1.165, 1.54) is 0 Å². The third-order valence-electron chi connectivity index (χ3n) is 2.48. The Balaban J connectivity index is 2.51. The monoisotopic (exact) mass is 194 g/mol. The van der Waals surface area contributed by atoms with Crippen molar-refractivity contribution in [1.29, 1.82) is 0 Å². The molecule has 76 valence electrons. The lowest BCUT2D eigenvalue weighted by molar-refractivity contribution is -0.808. The fraction of sp³-hybridized carbons (Fsp3) is 0.600. The number of amides is 1. The first-order chi connectivity index (χ1) is 6.50. The zero-order valence-electron chi connectivity index (χ0n) is 8.85. The summed E-state index contributed by atoms with van der Waals surface area (Å²) >= 11 is 0. The molecule has 4 heteroatoms. The largest absolute Gasteiger partial charge is 0.351 e. The minimum absolute atomic E-state index is 0.00516. The Hall–Kier alpha value is -1.32. The van der Waals surface area contributed by atoms with Crippen LogP contribution in [-0.2, 0) is 12.0 Å². The van der Waals surface area contributed by atoms with Gasteiger partial charge in [-0.15, -0.1) is 4.68 Å². The maximum Gasteiger partial charge on any atom is 0.259 e. The highest BCUT2D eigenvalue weighted by molar-refractivity contribution is 5.95. The number of rotatable bonds is 0. The Morgan fingerprint density at radius 2 is 2.14 bits per heavy atom. The molecular weight excluding hydrogens is 178 g/mol. The summed E-state index contributed by atoms with van der Waals surface area (Å²) in [6.45, 7) is 7.10. The molecule has 0 saturated carbocycles. The van der Waals surface area contributed by atoms with Crippen molar-refractivity contribution in [3.8, 4) is 0 Å². The number of aromatic amines is 1. The Morgan fingerprint density at radius 3 is 2.79 bits per heavy atom. The fourth-order valence-electron chi connectivity index (χ4n) is 1.84. The predicted octanol–water partition coefficient (Wildman–Crippen LogP) is 0.343. The maximum atomic E-state index is 11.5. The number of carbonyl (C=O) groups excluding carboxylic acids is 1. The van der Waals surface area contributed by atoms with E-state index < -0.39 is 0 Å². The summed E-state index contributed by atoms with van der Waals surface area (Å²) in [4.78, 5) is 11.5. The van der Waals surface area contributed by atoms with Crippen LogP contribution in [0.5, 0.6) is 0 Å². The van der Waals surface area contributed by atoms with Crippen molar-refractivity contribution in [3.05, 3.63) is 17.5 Å². The van der Waals surface area contributed by atoms with Gasteiger partial charge in [0.25, 0.3) is 5.91 Å². The van der Waals surface area contributed by atoms with Gasteiger partial charge in [0, 0.05) is 27.3 Å². The van der Waals surface area contributed by atoms with E-state index in [-0.39, 0.29) is 11.4 Å². The van der Waals surface area contributed by atoms with E-state index in [0.717, 1.165) is 24.2 Å². The highest BCUT2D eigenvalue weighted by atomic mass is 16.1. The number of nitrogens with one attached hydrogen (secondary N) is 2. The molecule has 0 bridgehead atoms. The number of aromatic nitrogens is 2. The van der Waals surface area contributed by atoms with Crippen LogP contribution in [0, 0.1) is 0 Å². The molecule has 0 aromatic carbocycles. The SMILES string of the molecule is CC(C)(C)[n+]1[nH]cc2c1CCNC2=O. The summed E-state index contributed by atoms with van der Waals surface area (Å²) < 4.78 is 2.07. The average molecular weight is 194 g/mol. The molecule has 1 aliphatic rings. The third kappa shape index (κ3) is 1.31. The van der Waals surface area contributed by atoms with Crippen LogP contribution in [0.25, 0.3) is 0 Å². The highest BCUT2D eigenvalue weighted by Crippen LogP contribution is 2.13. The summed E-state index contributed by atoms with van der Waals surface area (Å²) in [6, 6.07) is 0. The molecule has 0 radical (unpaired) electrons. The Labute approximate surface area is 83.3 Å². The predicted molar refractivity (Wildman–Crippen MR) is 52.0 cm³/mol. The van der Waals surface area contributed by atoms with Crippen LogP contribution < -0.4 is 10.00 Å². The number of fused-ring (bicyclic) bond motifs is 1. The first-order valence-electron chi connectivity index (χ1n) is 4.91. The molecule has 14 heavy (non-hydrogen) atoms. The zero-order chi connectivity index (χ0) is 10.3. The van der Waals surface area contributed by atoms with Crippen molar-refractivity contribution in [2.45, 2.75) is 32.7 Å². The highest BCUT2D eigenvalue weighted by Gasteiger charge is 2.34. The molecule has 1 amide bonds. The molecule has 0 atom stereocenters. The fourth-order valence-corrected chi connectivity index (χ4v) is 1.84. The van der Waals surface area contributed by atoms with Gasteiger partial charge in [-0.2, -0.15) is 5.10 Å². The van der Waals surface area contributed by atoms with Gasteiger partial charge in [0.2, 0.25) is 5.69 Å². The second kappa shape index (κ2) is 2.83. The summed E-state index contributed by atoms with van der Waals surface area (Å²) in [5.41, 5.74) is 1.90. The van der Waals surface area contributed by atoms with Gasteiger partial charge in [-0.1, -0.05) is 0 Å². The lowest BCUT2D eigenvalue weighted by Gasteiger charge is -2.15. The molecule has 1 aliphatic heterocycles. The molecule has 0 spiro atoms. The van der Waals surface area contributed by atoms with E-state index in [1.54, 1.807) is 6.20 Å². The van der Waals surface area contributed by atoms with Crippen LogP contribution in [0.2, 0.25) is 0 Å². The third-order valence-corrected chi connectivity index (χ3v) is 2.48. The molecule has 0 saturated heterocycles. The Kier molecular flexibility index (Phi) is 1.87. The first kappa shape index (κ1) is 9.24. The van der Waals surface area contributed by atoms with Gasteiger partial charge in [-0.3, -0.25) is 4.79 Å². The van der Waals surface area contributed by atoms with Crippen molar-refractivity contribution in [2.75, 3.05) is 6.54 Å². The van der Waals surface area contributed by atoms with Crippen molar-refractivity contribution in [3.63, 3.8) is 0 Å². The number of H-pyrrole nitrogens is 1. The average Bonchev–Trinajstić information content (AvgIpc) is 2.47. The molecular formula is C10H16N3O+. The lowest BCUT2D eigenvalue weighted by atomic mass is 10.1. The molecule has 0 aliphatic carbocycles. The number of nitrogens with zero attached hydrogens (tertiary/aromatic N) is 1. The van der Waals surface area contributed by atoms with Crippen molar-refractivity contribution in [2.24, 2.45) is 0 Å². The van der Waals surface area contributed by atoms with Crippen LogP contribution in [-0.4, -0.2) is 17.6 Å². The number of hydrogen-bond donors (Lipinski definition) is 2. The normalized spacial score (nSPS) is 16.4. The Bertz CT molecular complexity index is 373. The molecule has 2 heterocycles. The maximum absolute atomic E-state index is 11.5. The Morgan fingerprint density at radius 1 is 1.43 bits per heavy atom. The topological polar surface area (TPSA) is 48.8 Å². The van der Waals surface area contributed by atoms with Crippen LogP contribution in [0.15, 0.2) is 6.20 Å². The van der Waals surface area contributed by atoms with Gasteiger partial charge < -0.3 is 5.32 Å². The van der Waals surface area contributed by atoms with Crippen LogP contribution >= 0.6 is 0 Å². The first-order valence-corrected chi connectivity index (χ1v) is 4.91. The van der Waals surface area contributed by atoms with E-state index in [2.05, 4.69) is 35.9 Å². The summed E-state index contributed by atoms with van der Waals surface area (Å²) in [7, 11) is 0. The van der Waals surface area contributed by atoms with Gasteiger partial charge in [-0.25, -0.2) is 0 Å².